The molecule has 1 aromatic carbocycles. The van der Waals surface area contributed by atoms with E-state index in [4.69, 9.17) is 0 Å². The molecule has 1 aromatic rings. The van der Waals surface area contributed by atoms with Crippen LogP contribution in [0.15, 0.2) is 24.3 Å². The Kier molecular flexibility index (Phi) is 3.96. The van der Waals surface area contributed by atoms with Crippen LogP contribution in [0.4, 0.5) is 19.3 Å². The fourth-order valence-corrected chi connectivity index (χ4v) is 1.87. The molecule has 6 heteroatoms. The SMILES string of the molecule is O=C(Nc1cccc(OC(F)F)c1)N1CCCC1. The Morgan fingerprint density at radius 2 is 2.06 bits per heavy atom. The zero-order valence-electron chi connectivity index (χ0n) is 9.73. The van der Waals surface area contributed by atoms with Crippen LogP contribution in [0.1, 0.15) is 12.8 Å². The van der Waals surface area contributed by atoms with Crippen LogP contribution in [0.2, 0.25) is 0 Å². The number of nitrogens with one attached hydrogen (secondary N) is 1. The van der Waals surface area contributed by atoms with Crippen LogP contribution in [0.5, 0.6) is 5.75 Å². The summed E-state index contributed by atoms with van der Waals surface area (Å²) in [6.45, 7) is -1.40. The molecule has 0 aliphatic carbocycles. The maximum Gasteiger partial charge on any atom is 0.387 e. The second kappa shape index (κ2) is 5.66. The van der Waals surface area contributed by atoms with Crippen LogP contribution in [-0.4, -0.2) is 30.6 Å². The third-order valence-electron chi connectivity index (χ3n) is 2.70. The number of carbonyl (C=O) groups is 1. The van der Waals surface area contributed by atoms with Crippen molar-refractivity contribution in [3.63, 3.8) is 0 Å². The fraction of sp³-hybridized carbons (Fsp3) is 0.417. The number of halogens is 2. The smallest absolute Gasteiger partial charge is 0.387 e. The first kappa shape index (κ1) is 12.6. The summed E-state index contributed by atoms with van der Waals surface area (Å²) in [7, 11) is 0. The number of likely N-dealkylation sites (tertiary alicyclic amines) is 1. The fourth-order valence-electron chi connectivity index (χ4n) is 1.87. The second-order valence-electron chi connectivity index (χ2n) is 4.03. The van der Waals surface area contributed by atoms with E-state index in [2.05, 4.69) is 10.1 Å². The van der Waals surface area contributed by atoms with Gasteiger partial charge in [0.05, 0.1) is 0 Å². The second-order valence-corrected chi connectivity index (χ2v) is 4.03. The van der Waals surface area contributed by atoms with Crippen LogP contribution in [0.25, 0.3) is 0 Å². The van der Waals surface area contributed by atoms with Crippen molar-refractivity contribution in [2.45, 2.75) is 19.5 Å². The van der Waals surface area contributed by atoms with Crippen molar-refractivity contribution in [2.75, 3.05) is 18.4 Å². The number of rotatable bonds is 3. The predicted molar refractivity (Wildman–Crippen MR) is 62.9 cm³/mol. The summed E-state index contributed by atoms with van der Waals surface area (Å²) in [4.78, 5) is 13.5. The van der Waals surface area contributed by atoms with E-state index < -0.39 is 6.61 Å². The highest BCUT2D eigenvalue weighted by Crippen LogP contribution is 2.20. The third-order valence-corrected chi connectivity index (χ3v) is 2.70. The molecule has 0 atom stereocenters. The zero-order chi connectivity index (χ0) is 13.0. The number of nitrogens with zero attached hydrogens (tertiary/aromatic N) is 1. The lowest BCUT2D eigenvalue weighted by Crippen LogP contribution is -2.32. The van der Waals surface area contributed by atoms with Gasteiger partial charge < -0.3 is 15.0 Å². The molecule has 0 aromatic heterocycles. The summed E-state index contributed by atoms with van der Waals surface area (Å²) >= 11 is 0. The molecule has 1 N–H and O–H groups in total. The highest BCUT2D eigenvalue weighted by molar-refractivity contribution is 5.89. The molecule has 98 valence electrons. The van der Waals surface area contributed by atoms with Gasteiger partial charge in [0.2, 0.25) is 0 Å². The lowest BCUT2D eigenvalue weighted by Gasteiger charge is -2.16. The van der Waals surface area contributed by atoms with Gasteiger partial charge in [-0.05, 0) is 25.0 Å². The number of hydrogen-bond acceptors (Lipinski definition) is 2. The Bertz CT molecular complexity index is 420. The molecule has 1 saturated heterocycles. The number of ether oxygens (including phenoxy) is 1. The molecular formula is C12H14F2N2O2. The van der Waals surface area contributed by atoms with Gasteiger partial charge in [-0.2, -0.15) is 8.78 Å². The average molecular weight is 256 g/mol. The number of alkyl halides is 2. The highest BCUT2D eigenvalue weighted by Gasteiger charge is 2.17. The summed E-state index contributed by atoms with van der Waals surface area (Å²) in [5, 5.41) is 2.66. The van der Waals surface area contributed by atoms with Crippen molar-refractivity contribution >= 4 is 11.7 Å². The van der Waals surface area contributed by atoms with Crippen molar-refractivity contribution in [3.05, 3.63) is 24.3 Å². The standard InChI is InChI=1S/C12H14F2N2O2/c13-11(14)18-10-5-3-4-9(8-10)15-12(17)16-6-1-2-7-16/h3-5,8,11H,1-2,6-7H2,(H,15,17). The van der Waals surface area contributed by atoms with Crippen LogP contribution in [0.3, 0.4) is 0 Å². The highest BCUT2D eigenvalue weighted by atomic mass is 19.3. The Morgan fingerprint density at radius 3 is 2.72 bits per heavy atom. The summed E-state index contributed by atoms with van der Waals surface area (Å²) in [5.41, 5.74) is 0.449. The van der Waals surface area contributed by atoms with Gasteiger partial charge in [0, 0.05) is 24.8 Å². The number of urea groups is 1. The molecule has 18 heavy (non-hydrogen) atoms. The first-order chi connectivity index (χ1) is 8.65. The van der Waals surface area contributed by atoms with Crippen molar-refractivity contribution in [3.8, 4) is 5.75 Å². The number of amides is 2. The van der Waals surface area contributed by atoms with Gasteiger partial charge in [-0.1, -0.05) is 6.07 Å². The number of carbonyl (C=O) groups excluding carboxylic acids is 1. The van der Waals surface area contributed by atoms with E-state index >= 15 is 0 Å². The average Bonchev–Trinajstić information content (AvgIpc) is 2.81. The minimum atomic E-state index is -2.87. The van der Waals surface area contributed by atoms with Crippen molar-refractivity contribution < 1.29 is 18.3 Å². The van der Waals surface area contributed by atoms with Gasteiger partial charge >= 0.3 is 12.6 Å². The molecule has 0 unspecified atom stereocenters. The monoisotopic (exact) mass is 256 g/mol. The van der Waals surface area contributed by atoms with Crippen LogP contribution in [0, 0.1) is 0 Å². The largest absolute Gasteiger partial charge is 0.435 e. The first-order valence-corrected chi connectivity index (χ1v) is 5.76. The Hall–Kier alpha value is -1.85. The summed E-state index contributed by atoms with van der Waals surface area (Å²) in [6, 6.07) is 5.77. The molecule has 4 nitrogen and oxygen atoms in total. The Labute approximate surface area is 104 Å². The van der Waals surface area contributed by atoms with E-state index in [0.717, 1.165) is 25.9 Å². The lowest BCUT2D eigenvalue weighted by atomic mass is 10.3. The van der Waals surface area contributed by atoms with Crippen LogP contribution in [-0.2, 0) is 0 Å². The van der Waals surface area contributed by atoms with E-state index in [1.165, 1.54) is 12.1 Å². The molecule has 2 rings (SSSR count). The van der Waals surface area contributed by atoms with Crippen molar-refractivity contribution in [1.82, 2.24) is 4.90 Å². The van der Waals surface area contributed by atoms with E-state index in [-0.39, 0.29) is 11.8 Å². The molecular weight excluding hydrogens is 242 g/mol. The van der Waals surface area contributed by atoms with E-state index in [9.17, 15) is 13.6 Å². The summed E-state index contributed by atoms with van der Waals surface area (Å²) < 4.78 is 28.3. The summed E-state index contributed by atoms with van der Waals surface area (Å²) in [6.07, 6.45) is 2.00. The zero-order valence-corrected chi connectivity index (χ0v) is 9.73. The van der Waals surface area contributed by atoms with Gasteiger partial charge in [0.25, 0.3) is 0 Å². The van der Waals surface area contributed by atoms with E-state index in [1.807, 2.05) is 0 Å². The van der Waals surface area contributed by atoms with Crippen LogP contribution >= 0.6 is 0 Å². The lowest BCUT2D eigenvalue weighted by molar-refractivity contribution is -0.0497. The number of anilines is 1. The Morgan fingerprint density at radius 1 is 1.33 bits per heavy atom. The third kappa shape index (κ3) is 3.32. The maximum absolute atomic E-state index is 12.0. The van der Waals surface area contributed by atoms with E-state index in [1.54, 1.807) is 17.0 Å². The number of benzene rings is 1. The minimum absolute atomic E-state index is 0.0317. The maximum atomic E-state index is 12.0. The molecule has 2 amide bonds. The van der Waals surface area contributed by atoms with Crippen LogP contribution < -0.4 is 10.1 Å². The normalized spacial score (nSPS) is 14.9. The molecule has 1 aliphatic rings. The van der Waals surface area contributed by atoms with Gasteiger partial charge in [0.15, 0.2) is 0 Å². The van der Waals surface area contributed by atoms with Gasteiger partial charge in [-0.3, -0.25) is 0 Å². The minimum Gasteiger partial charge on any atom is -0.435 e. The summed E-state index contributed by atoms with van der Waals surface area (Å²) in [5.74, 6) is 0.0317. The Balaban J connectivity index is 1.97. The molecule has 0 bridgehead atoms. The van der Waals surface area contributed by atoms with Gasteiger partial charge in [0.1, 0.15) is 5.75 Å². The van der Waals surface area contributed by atoms with Gasteiger partial charge in [-0.15, -0.1) is 0 Å². The molecule has 1 heterocycles. The molecule has 1 fully saturated rings. The van der Waals surface area contributed by atoms with Gasteiger partial charge in [-0.25, -0.2) is 4.79 Å². The first-order valence-electron chi connectivity index (χ1n) is 5.76. The van der Waals surface area contributed by atoms with Crippen molar-refractivity contribution in [1.29, 1.82) is 0 Å². The topological polar surface area (TPSA) is 41.6 Å². The molecule has 0 spiro atoms. The van der Waals surface area contributed by atoms with Crippen molar-refractivity contribution in [2.24, 2.45) is 0 Å². The quantitative estimate of drug-likeness (QED) is 0.903. The predicted octanol–water partition coefficient (Wildman–Crippen LogP) is 2.92. The molecule has 1 aliphatic heterocycles. The van der Waals surface area contributed by atoms with E-state index in [0.29, 0.717) is 5.69 Å². The number of hydrogen-bond donors (Lipinski definition) is 1. The molecule has 0 saturated carbocycles. The molecule has 0 radical (unpaired) electrons.